The topological polar surface area (TPSA) is 58.0 Å². The molecule has 13 heavy (non-hydrogen) atoms. The van der Waals surface area contributed by atoms with Crippen molar-refractivity contribution >= 4 is 21.7 Å². The number of aromatic nitrogens is 2. The van der Waals surface area contributed by atoms with E-state index in [0.29, 0.717) is 17.6 Å². The van der Waals surface area contributed by atoms with E-state index < -0.39 is 0 Å². The number of aliphatic hydroxyl groups excluding tert-OH is 1. The summed E-state index contributed by atoms with van der Waals surface area (Å²) < 4.78 is 0.716. The van der Waals surface area contributed by atoms with Gasteiger partial charge in [0.05, 0.1) is 18.5 Å². The fourth-order valence-corrected chi connectivity index (χ4v) is 1.02. The van der Waals surface area contributed by atoms with Crippen molar-refractivity contribution in [2.24, 2.45) is 0 Å². The normalized spacial score (nSPS) is 12.5. The molecule has 0 bridgehead atoms. The fraction of sp³-hybridized carbons (Fsp3) is 0.500. The molecule has 0 aliphatic rings. The van der Waals surface area contributed by atoms with Gasteiger partial charge in [0, 0.05) is 6.54 Å². The molecule has 1 aromatic rings. The summed E-state index contributed by atoms with van der Waals surface area (Å²) in [4.78, 5) is 8.08. The van der Waals surface area contributed by atoms with Crippen molar-refractivity contribution in [2.45, 2.75) is 19.4 Å². The first kappa shape index (κ1) is 10.4. The van der Waals surface area contributed by atoms with E-state index in [1.54, 1.807) is 19.3 Å². The van der Waals surface area contributed by atoms with Crippen molar-refractivity contribution in [3.63, 3.8) is 0 Å². The maximum absolute atomic E-state index is 8.99. The van der Waals surface area contributed by atoms with E-state index in [1.165, 1.54) is 0 Å². The van der Waals surface area contributed by atoms with E-state index in [4.69, 9.17) is 5.11 Å². The van der Waals surface area contributed by atoms with Crippen LogP contribution in [0.4, 0.5) is 5.82 Å². The molecule has 4 nitrogen and oxygen atoms in total. The van der Waals surface area contributed by atoms with Crippen LogP contribution in [0.2, 0.25) is 0 Å². The summed E-state index contributed by atoms with van der Waals surface area (Å²) in [5, 5.41) is 12.0. The van der Waals surface area contributed by atoms with E-state index in [9.17, 15) is 0 Å². The zero-order valence-corrected chi connectivity index (χ0v) is 8.95. The molecular formula is C8H12BrN3O. The number of nitrogens with one attached hydrogen (secondary N) is 1. The van der Waals surface area contributed by atoms with Crippen LogP contribution in [0.1, 0.15) is 13.3 Å². The first-order valence-electron chi connectivity index (χ1n) is 4.08. The van der Waals surface area contributed by atoms with Crippen molar-refractivity contribution < 1.29 is 5.11 Å². The molecule has 1 aromatic heterocycles. The second-order valence-corrected chi connectivity index (χ2v) is 3.60. The van der Waals surface area contributed by atoms with Crippen LogP contribution >= 0.6 is 15.9 Å². The molecule has 5 heteroatoms. The van der Waals surface area contributed by atoms with Gasteiger partial charge in [-0.05, 0) is 29.3 Å². The third-order valence-electron chi connectivity index (χ3n) is 1.49. The quantitative estimate of drug-likeness (QED) is 0.843. The Balaban J connectivity index is 2.33. The van der Waals surface area contributed by atoms with Crippen LogP contribution in [-0.4, -0.2) is 27.7 Å². The molecule has 2 N–H and O–H groups in total. The number of rotatable bonds is 4. The van der Waals surface area contributed by atoms with Gasteiger partial charge in [-0.1, -0.05) is 0 Å². The first-order valence-corrected chi connectivity index (χ1v) is 4.87. The lowest BCUT2D eigenvalue weighted by Gasteiger charge is -2.06. The third kappa shape index (κ3) is 4.19. The molecule has 0 fully saturated rings. The Morgan fingerprint density at radius 2 is 2.31 bits per heavy atom. The molecule has 1 heterocycles. The van der Waals surface area contributed by atoms with Crippen molar-refractivity contribution in [1.82, 2.24) is 9.97 Å². The first-order chi connectivity index (χ1) is 6.18. The molecule has 1 atom stereocenters. The van der Waals surface area contributed by atoms with Gasteiger partial charge in [0.15, 0.2) is 0 Å². The summed E-state index contributed by atoms with van der Waals surface area (Å²) in [7, 11) is 0. The molecule has 0 aliphatic heterocycles. The SMILES string of the molecule is CC(O)CCNc1cnc(Br)cn1. The lowest BCUT2D eigenvalue weighted by molar-refractivity contribution is 0.188. The van der Waals surface area contributed by atoms with Gasteiger partial charge < -0.3 is 10.4 Å². The number of anilines is 1. The summed E-state index contributed by atoms with van der Waals surface area (Å²) in [6.07, 6.45) is 3.70. The Bertz CT molecular complexity index is 250. The highest BCUT2D eigenvalue weighted by atomic mass is 79.9. The van der Waals surface area contributed by atoms with Gasteiger partial charge >= 0.3 is 0 Å². The van der Waals surface area contributed by atoms with Crippen molar-refractivity contribution in [3.8, 4) is 0 Å². The van der Waals surface area contributed by atoms with Gasteiger partial charge in [-0.25, -0.2) is 9.97 Å². The zero-order valence-electron chi connectivity index (χ0n) is 7.37. The number of nitrogens with zero attached hydrogens (tertiary/aromatic N) is 2. The highest BCUT2D eigenvalue weighted by Gasteiger charge is 1.96. The van der Waals surface area contributed by atoms with E-state index in [0.717, 1.165) is 5.82 Å². The van der Waals surface area contributed by atoms with Gasteiger partial charge in [0.25, 0.3) is 0 Å². The highest BCUT2D eigenvalue weighted by Crippen LogP contribution is 2.06. The Hall–Kier alpha value is -0.680. The molecule has 72 valence electrons. The summed E-state index contributed by atoms with van der Waals surface area (Å²) >= 11 is 3.20. The van der Waals surface area contributed by atoms with Crippen molar-refractivity contribution in [2.75, 3.05) is 11.9 Å². The summed E-state index contributed by atoms with van der Waals surface area (Å²) in [6.45, 7) is 2.46. The predicted molar refractivity (Wildman–Crippen MR) is 54.5 cm³/mol. The Labute approximate surface area is 85.5 Å². The molecule has 0 aromatic carbocycles. The van der Waals surface area contributed by atoms with E-state index >= 15 is 0 Å². The molecule has 0 amide bonds. The minimum atomic E-state index is -0.282. The lowest BCUT2D eigenvalue weighted by Crippen LogP contribution is -2.10. The average Bonchev–Trinajstić information content (AvgIpc) is 2.08. The standard InChI is InChI=1S/C8H12BrN3O/c1-6(13)2-3-10-8-5-11-7(9)4-12-8/h4-6,13H,2-3H2,1H3,(H,10,12). The van der Waals surface area contributed by atoms with Crippen molar-refractivity contribution in [3.05, 3.63) is 17.0 Å². The lowest BCUT2D eigenvalue weighted by atomic mass is 10.3. The van der Waals surface area contributed by atoms with Gasteiger partial charge in [0.2, 0.25) is 0 Å². The smallest absolute Gasteiger partial charge is 0.144 e. The minimum absolute atomic E-state index is 0.282. The van der Waals surface area contributed by atoms with Crippen LogP contribution in [0.25, 0.3) is 0 Å². The Morgan fingerprint density at radius 1 is 1.54 bits per heavy atom. The zero-order chi connectivity index (χ0) is 9.68. The second kappa shape index (κ2) is 5.14. The van der Waals surface area contributed by atoms with Crippen LogP contribution in [0.15, 0.2) is 17.0 Å². The average molecular weight is 246 g/mol. The molecule has 0 aliphatic carbocycles. The van der Waals surface area contributed by atoms with Crippen LogP contribution in [0.3, 0.4) is 0 Å². The van der Waals surface area contributed by atoms with E-state index in [-0.39, 0.29) is 6.10 Å². The molecule has 1 unspecified atom stereocenters. The molecule has 0 saturated heterocycles. The van der Waals surface area contributed by atoms with E-state index in [2.05, 4.69) is 31.2 Å². The molecule has 0 spiro atoms. The maximum Gasteiger partial charge on any atom is 0.144 e. The minimum Gasteiger partial charge on any atom is -0.393 e. The second-order valence-electron chi connectivity index (χ2n) is 2.79. The van der Waals surface area contributed by atoms with Crippen molar-refractivity contribution in [1.29, 1.82) is 0 Å². The monoisotopic (exact) mass is 245 g/mol. The molecular weight excluding hydrogens is 234 g/mol. The van der Waals surface area contributed by atoms with Gasteiger partial charge in [-0.3, -0.25) is 0 Å². The Morgan fingerprint density at radius 3 is 2.85 bits per heavy atom. The summed E-state index contributed by atoms with van der Waals surface area (Å²) in [5.74, 6) is 0.726. The van der Waals surface area contributed by atoms with Crippen LogP contribution in [0, 0.1) is 0 Å². The molecule has 0 radical (unpaired) electrons. The maximum atomic E-state index is 8.99. The van der Waals surface area contributed by atoms with Gasteiger partial charge in [-0.15, -0.1) is 0 Å². The number of aliphatic hydroxyl groups is 1. The number of hydrogen-bond acceptors (Lipinski definition) is 4. The van der Waals surface area contributed by atoms with Gasteiger partial charge in [-0.2, -0.15) is 0 Å². The van der Waals surface area contributed by atoms with Crippen LogP contribution in [-0.2, 0) is 0 Å². The molecule has 1 rings (SSSR count). The summed E-state index contributed by atoms with van der Waals surface area (Å²) in [6, 6.07) is 0. The predicted octanol–water partition coefficient (Wildman–Crippen LogP) is 1.42. The third-order valence-corrected chi connectivity index (χ3v) is 1.90. The summed E-state index contributed by atoms with van der Waals surface area (Å²) in [5.41, 5.74) is 0. The highest BCUT2D eigenvalue weighted by molar-refractivity contribution is 9.10. The number of hydrogen-bond donors (Lipinski definition) is 2. The van der Waals surface area contributed by atoms with Gasteiger partial charge in [0.1, 0.15) is 10.4 Å². The van der Waals surface area contributed by atoms with E-state index in [1.807, 2.05) is 0 Å². The molecule has 0 saturated carbocycles. The Kier molecular flexibility index (Phi) is 4.11. The van der Waals surface area contributed by atoms with Crippen LogP contribution in [0.5, 0.6) is 0 Å². The van der Waals surface area contributed by atoms with Crippen LogP contribution < -0.4 is 5.32 Å². The number of halogens is 1. The largest absolute Gasteiger partial charge is 0.393 e. The fourth-order valence-electron chi connectivity index (χ4n) is 0.813.